The van der Waals surface area contributed by atoms with Gasteiger partial charge in [-0.1, -0.05) is 17.7 Å². The van der Waals surface area contributed by atoms with Gasteiger partial charge >= 0.3 is 5.69 Å². The first kappa shape index (κ1) is 20.8. The zero-order valence-corrected chi connectivity index (χ0v) is 17.7. The van der Waals surface area contributed by atoms with Crippen LogP contribution in [0.5, 0.6) is 0 Å². The Bertz CT molecular complexity index is 1190. The van der Waals surface area contributed by atoms with Crippen LogP contribution in [0.1, 0.15) is 25.2 Å². The van der Waals surface area contributed by atoms with E-state index in [1.165, 1.54) is 23.7 Å². The second-order valence-electron chi connectivity index (χ2n) is 7.76. The van der Waals surface area contributed by atoms with Crippen molar-refractivity contribution in [3.63, 3.8) is 0 Å². The first-order valence-electron chi connectivity index (χ1n) is 9.73. The standard InChI is InChI=1S/C20H23ClFN5O3/c1-11-7-26(8-12(2)30-11)10-16-23-18-17(19(28)24-20(29)25(18)3)27(16)9-13-14(21)5-4-6-15(13)22/h4-6,11-12H,7-10H2,1-3H3,(H,24,28,29). The number of halogens is 2. The normalized spacial score (nSPS) is 20.2. The number of aryl methyl sites for hydroxylation is 1. The highest BCUT2D eigenvalue weighted by atomic mass is 35.5. The van der Waals surface area contributed by atoms with Gasteiger partial charge in [-0.2, -0.15) is 0 Å². The summed E-state index contributed by atoms with van der Waals surface area (Å²) in [5.41, 5.74) is -0.401. The number of nitrogens with one attached hydrogen (secondary N) is 1. The summed E-state index contributed by atoms with van der Waals surface area (Å²) >= 11 is 6.23. The van der Waals surface area contributed by atoms with Crippen LogP contribution in [0.15, 0.2) is 27.8 Å². The van der Waals surface area contributed by atoms with Crippen LogP contribution in [0, 0.1) is 5.82 Å². The van der Waals surface area contributed by atoms with E-state index in [0.29, 0.717) is 25.5 Å². The number of benzene rings is 1. The van der Waals surface area contributed by atoms with Gasteiger partial charge in [0.05, 0.1) is 25.3 Å². The fraction of sp³-hybridized carbons (Fsp3) is 0.450. The minimum Gasteiger partial charge on any atom is -0.373 e. The Hall–Kier alpha value is -2.49. The van der Waals surface area contributed by atoms with Crippen LogP contribution in [0.25, 0.3) is 11.2 Å². The van der Waals surface area contributed by atoms with Gasteiger partial charge in [0.15, 0.2) is 11.2 Å². The van der Waals surface area contributed by atoms with Crippen molar-refractivity contribution in [3.8, 4) is 0 Å². The molecule has 1 N–H and O–H groups in total. The van der Waals surface area contributed by atoms with E-state index in [9.17, 15) is 14.0 Å². The largest absolute Gasteiger partial charge is 0.373 e. The molecule has 2 unspecified atom stereocenters. The maximum absolute atomic E-state index is 14.5. The lowest BCUT2D eigenvalue weighted by Gasteiger charge is -2.35. The molecule has 10 heteroatoms. The maximum atomic E-state index is 14.5. The van der Waals surface area contributed by atoms with E-state index in [1.807, 2.05) is 13.8 Å². The molecule has 2 aromatic heterocycles. The van der Waals surface area contributed by atoms with Crippen LogP contribution < -0.4 is 11.2 Å². The quantitative estimate of drug-likeness (QED) is 0.676. The molecule has 0 amide bonds. The van der Waals surface area contributed by atoms with Crippen LogP contribution >= 0.6 is 11.6 Å². The number of aromatic nitrogens is 4. The lowest BCUT2D eigenvalue weighted by molar-refractivity contribution is -0.0712. The minimum absolute atomic E-state index is 0.0219. The monoisotopic (exact) mass is 435 g/mol. The summed E-state index contributed by atoms with van der Waals surface area (Å²) in [7, 11) is 1.54. The minimum atomic E-state index is -0.567. The summed E-state index contributed by atoms with van der Waals surface area (Å²) < 4.78 is 23.2. The molecule has 0 radical (unpaired) electrons. The number of nitrogens with zero attached hydrogens (tertiary/aromatic N) is 4. The fourth-order valence-electron chi connectivity index (χ4n) is 4.03. The Labute approximate surface area is 176 Å². The predicted molar refractivity (Wildman–Crippen MR) is 111 cm³/mol. The van der Waals surface area contributed by atoms with Crippen molar-refractivity contribution in [2.75, 3.05) is 13.1 Å². The first-order valence-corrected chi connectivity index (χ1v) is 10.1. The van der Waals surface area contributed by atoms with E-state index in [4.69, 9.17) is 16.3 Å². The summed E-state index contributed by atoms with van der Waals surface area (Å²) in [5.74, 6) is 0.0856. The summed E-state index contributed by atoms with van der Waals surface area (Å²) in [4.78, 5) is 33.8. The van der Waals surface area contributed by atoms with Gasteiger partial charge in [0, 0.05) is 30.7 Å². The second kappa shape index (κ2) is 7.98. The molecule has 4 rings (SSSR count). The highest BCUT2D eigenvalue weighted by Gasteiger charge is 2.26. The lowest BCUT2D eigenvalue weighted by Crippen LogP contribution is -2.45. The third-order valence-electron chi connectivity index (χ3n) is 5.32. The van der Waals surface area contributed by atoms with E-state index < -0.39 is 17.1 Å². The summed E-state index contributed by atoms with van der Waals surface area (Å²) in [6.45, 7) is 5.84. The second-order valence-corrected chi connectivity index (χ2v) is 8.16. The Morgan fingerprint density at radius 3 is 2.60 bits per heavy atom. The van der Waals surface area contributed by atoms with Crippen molar-refractivity contribution in [1.29, 1.82) is 0 Å². The molecule has 0 spiro atoms. The van der Waals surface area contributed by atoms with Crippen LogP contribution in [-0.4, -0.2) is 49.3 Å². The molecule has 0 bridgehead atoms. The van der Waals surface area contributed by atoms with Crippen LogP contribution in [0.3, 0.4) is 0 Å². The lowest BCUT2D eigenvalue weighted by atomic mass is 10.2. The Morgan fingerprint density at radius 2 is 1.93 bits per heavy atom. The zero-order valence-electron chi connectivity index (χ0n) is 17.0. The van der Waals surface area contributed by atoms with Gasteiger partial charge in [0.2, 0.25) is 0 Å². The number of ether oxygens (including phenoxy) is 1. The van der Waals surface area contributed by atoms with E-state index >= 15 is 0 Å². The third-order valence-corrected chi connectivity index (χ3v) is 5.68. The van der Waals surface area contributed by atoms with Crippen molar-refractivity contribution < 1.29 is 9.13 Å². The van der Waals surface area contributed by atoms with Crippen LogP contribution in [-0.2, 0) is 24.9 Å². The molecule has 1 fully saturated rings. The Balaban J connectivity index is 1.85. The molecule has 160 valence electrons. The van der Waals surface area contributed by atoms with Gasteiger partial charge in [-0.05, 0) is 26.0 Å². The number of morpholine rings is 1. The summed E-state index contributed by atoms with van der Waals surface area (Å²) in [6, 6.07) is 4.45. The van der Waals surface area contributed by atoms with Crippen molar-refractivity contribution in [3.05, 3.63) is 61.3 Å². The number of H-pyrrole nitrogens is 1. The number of rotatable bonds is 4. The smallest absolute Gasteiger partial charge is 0.329 e. The van der Waals surface area contributed by atoms with Crippen molar-refractivity contribution >= 4 is 22.8 Å². The van der Waals surface area contributed by atoms with Gasteiger partial charge in [0.1, 0.15) is 11.6 Å². The third kappa shape index (κ3) is 3.80. The average Bonchev–Trinajstić information content (AvgIpc) is 3.01. The van der Waals surface area contributed by atoms with E-state index in [1.54, 1.807) is 10.6 Å². The van der Waals surface area contributed by atoms with Gasteiger partial charge in [-0.25, -0.2) is 14.2 Å². The zero-order chi connectivity index (χ0) is 21.6. The molecule has 1 aliphatic heterocycles. The predicted octanol–water partition coefficient (Wildman–Crippen LogP) is 1.87. The summed E-state index contributed by atoms with van der Waals surface area (Å²) in [6.07, 6.45) is 0.112. The maximum Gasteiger partial charge on any atom is 0.329 e. The topological polar surface area (TPSA) is 85.2 Å². The molecule has 8 nitrogen and oxygen atoms in total. The molecule has 30 heavy (non-hydrogen) atoms. The van der Waals surface area contributed by atoms with Crippen molar-refractivity contribution in [1.82, 2.24) is 24.0 Å². The first-order chi connectivity index (χ1) is 14.2. The average molecular weight is 436 g/mol. The SMILES string of the molecule is CC1CN(Cc2nc3c(c(=O)[nH]c(=O)n3C)n2Cc2c(F)cccc2Cl)CC(C)O1. The molecule has 0 aliphatic carbocycles. The van der Waals surface area contributed by atoms with Crippen molar-refractivity contribution in [2.45, 2.75) is 39.1 Å². The molecule has 1 aromatic carbocycles. The van der Waals surface area contributed by atoms with Crippen LogP contribution in [0.4, 0.5) is 4.39 Å². The molecule has 0 saturated carbocycles. The Kier molecular flexibility index (Phi) is 5.52. The number of hydrogen-bond acceptors (Lipinski definition) is 5. The molecule has 1 aliphatic rings. The highest BCUT2D eigenvalue weighted by Crippen LogP contribution is 2.23. The fourth-order valence-corrected chi connectivity index (χ4v) is 4.25. The molecule has 3 aromatic rings. The van der Waals surface area contributed by atoms with Crippen LogP contribution in [0.2, 0.25) is 5.02 Å². The molecule has 1 saturated heterocycles. The van der Waals surface area contributed by atoms with Gasteiger partial charge < -0.3 is 9.30 Å². The van der Waals surface area contributed by atoms with Gasteiger partial charge in [-0.15, -0.1) is 0 Å². The van der Waals surface area contributed by atoms with E-state index in [-0.39, 0.29) is 40.5 Å². The molecule has 3 heterocycles. The summed E-state index contributed by atoms with van der Waals surface area (Å²) in [5, 5.41) is 0.262. The van der Waals surface area contributed by atoms with E-state index in [0.717, 1.165) is 0 Å². The molecular formula is C20H23ClFN5O3. The van der Waals surface area contributed by atoms with Gasteiger partial charge in [0.25, 0.3) is 5.56 Å². The van der Waals surface area contributed by atoms with Gasteiger partial charge in [-0.3, -0.25) is 19.2 Å². The number of hydrogen-bond donors (Lipinski definition) is 1. The Morgan fingerprint density at radius 1 is 1.23 bits per heavy atom. The molecular weight excluding hydrogens is 413 g/mol. The number of aromatic amines is 1. The molecule has 2 atom stereocenters. The number of fused-ring (bicyclic) bond motifs is 1. The van der Waals surface area contributed by atoms with Crippen molar-refractivity contribution in [2.24, 2.45) is 7.05 Å². The number of imidazole rings is 1. The van der Waals surface area contributed by atoms with E-state index in [2.05, 4.69) is 14.9 Å². The highest BCUT2D eigenvalue weighted by molar-refractivity contribution is 6.31.